The van der Waals surface area contributed by atoms with Crippen LogP contribution in [0.5, 0.6) is 0 Å². The number of rotatable bonds is 4. The first-order chi connectivity index (χ1) is 6.24. The van der Waals surface area contributed by atoms with Crippen molar-refractivity contribution in [3.05, 3.63) is 23.8 Å². The van der Waals surface area contributed by atoms with Gasteiger partial charge in [0.25, 0.3) is 0 Å². The van der Waals surface area contributed by atoms with Gasteiger partial charge < -0.3 is 16.6 Å². The summed E-state index contributed by atoms with van der Waals surface area (Å²) in [6.07, 6.45) is 2.77. The van der Waals surface area contributed by atoms with E-state index in [2.05, 4.69) is 0 Å². The number of anilines is 2. The van der Waals surface area contributed by atoms with Crippen molar-refractivity contribution in [3.63, 3.8) is 0 Å². The van der Waals surface area contributed by atoms with E-state index in [1.54, 1.807) is 0 Å². The van der Waals surface area contributed by atoms with Crippen molar-refractivity contribution in [2.45, 2.75) is 19.3 Å². The number of aliphatic hydroxyl groups excluding tert-OH is 1. The highest BCUT2D eigenvalue weighted by Gasteiger charge is 1.97. The lowest BCUT2D eigenvalue weighted by molar-refractivity contribution is 0.284. The summed E-state index contributed by atoms with van der Waals surface area (Å²) < 4.78 is 0. The highest BCUT2D eigenvalue weighted by atomic mass is 16.2. The zero-order chi connectivity index (χ0) is 9.68. The van der Waals surface area contributed by atoms with Gasteiger partial charge in [0.05, 0.1) is 11.4 Å². The zero-order valence-electron chi connectivity index (χ0n) is 7.66. The summed E-state index contributed by atoms with van der Waals surface area (Å²) in [5, 5.41) is 8.60. The van der Waals surface area contributed by atoms with E-state index in [1.807, 2.05) is 18.2 Å². The van der Waals surface area contributed by atoms with Gasteiger partial charge in [0.15, 0.2) is 0 Å². The van der Waals surface area contributed by atoms with Gasteiger partial charge >= 0.3 is 0 Å². The molecule has 0 heterocycles. The standard InChI is InChI=1S/C10H16N2O/c11-9-5-4-8(7-10(9)12)3-1-2-6-13/h4-5,7,13H,1-3,6,11-12H2. The minimum atomic E-state index is 0.254. The second-order valence-corrected chi connectivity index (χ2v) is 3.14. The van der Waals surface area contributed by atoms with Crippen LogP contribution in [0.1, 0.15) is 18.4 Å². The Morgan fingerprint density at radius 1 is 1.08 bits per heavy atom. The summed E-state index contributed by atoms with van der Waals surface area (Å²) in [5.74, 6) is 0. The van der Waals surface area contributed by atoms with Crippen LogP contribution in [0.15, 0.2) is 18.2 Å². The molecule has 0 spiro atoms. The lowest BCUT2D eigenvalue weighted by Crippen LogP contribution is -1.96. The summed E-state index contributed by atoms with van der Waals surface area (Å²) in [4.78, 5) is 0. The Bertz CT molecular complexity index is 274. The van der Waals surface area contributed by atoms with Crippen molar-refractivity contribution in [2.75, 3.05) is 18.1 Å². The molecular formula is C10H16N2O. The van der Waals surface area contributed by atoms with Crippen LogP contribution in [-0.4, -0.2) is 11.7 Å². The van der Waals surface area contributed by atoms with E-state index in [-0.39, 0.29) is 6.61 Å². The highest BCUT2D eigenvalue weighted by Crippen LogP contribution is 2.17. The fourth-order valence-corrected chi connectivity index (χ4v) is 1.22. The van der Waals surface area contributed by atoms with Crippen molar-refractivity contribution in [1.82, 2.24) is 0 Å². The molecule has 0 aliphatic carbocycles. The van der Waals surface area contributed by atoms with Crippen LogP contribution in [0, 0.1) is 0 Å². The molecule has 0 radical (unpaired) electrons. The molecule has 0 saturated heterocycles. The molecular weight excluding hydrogens is 164 g/mol. The van der Waals surface area contributed by atoms with Crippen LogP contribution in [0.2, 0.25) is 0 Å². The van der Waals surface area contributed by atoms with Crippen LogP contribution in [0.4, 0.5) is 11.4 Å². The molecule has 3 nitrogen and oxygen atoms in total. The highest BCUT2D eigenvalue weighted by molar-refractivity contribution is 5.63. The van der Waals surface area contributed by atoms with Gasteiger partial charge in [-0.3, -0.25) is 0 Å². The van der Waals surface area contributed by atoms with Gasteiger partial charge in [0.2, 0.25) is 0 Å². The number of benzene rings is 1. The van der Waals surface area contributed by atoms with Gasteiger partial charge in [0.1, 0.15) is 0 Å². The second kappa shape index (κ2) is 4.72. The monoisotopic (exact) mass is 180 g/mol. The zero-order valence-corrected chi connectivity index (χ0v) is 7.66. The van der Waals surface area contributed by atoms with Crippen molar-refractivity contribution >= 4 is 11.4 Å². The van der Waals surface area contributed by atoms with Gasteiger partial charge in [-0.25, -0.2) is 0 Å². The van der Waals surface area contributed by atoms with E-state index in [0.29, 0.717) is 11.4 Å². The maximum atomic E-state index is 8.60. The van der Waals surface area contributed by atoms with Crippen LogP contribution >= 0.6 is 0 Å². The van der Waals surface area contributed by atoms with Crippen LogP contribution in [0.3, 0.4) is 0 Å². The first-order valence-corrected chi connectivity index (χ1v) is 4.49. The third kappa shape index (κ3) is 2.95. The number of hydrogen-bond donors (Lipinski definition) is 3. The molecule has 0 saturated carbocycles. The quantitative estimate of drug-likeness (QED) is 0.481. The lowest BCUT2D eigenvalue weighted by Gasteiger charge is -2.04. The predicted molar refractivity (Wildman–Crippen MR) is 55.3 cm³/mol. The second-order valence-electron chi connectivity index (χ2n) is 3.14. The van der Waals surface area contributed by atoms with Crippen molar-refractivity contribution in [2.24, 2.45) is 0 Å². The molecule has 0 aliphatic heterocycles. The summed E-state index contributed by atoms with van der Waals surface area (Å²) in [7, 11) is 0. The minimum absolute atomic E-state index is 0.254. The molecule has 0 amide bonds. The molecule has 0 aromatic heterocycles. The largest absolute Gasteiger partial charge is 0.397 e. The molecule has 0 bridgehead atoms. The normalized spacial score (nSPS) is 10.2. The maximum absolute atomic E-state index is 8.60. The fourth-order valence-electron chi connectivity index (χ4n) is 1.22. The first kappa shape index (κ1) is 9.86. The molecule has 5 N–H and O–H groups in total. The van der Waals surface area contributed by atoms with Crippen molar-refractivity contribution in [3.8, 4) is 0 Å². The summed E-state index contributed by atoms with van der Waals surface area (Å²) >= 11 is 0. The Kier molecular flexibility index (Phi) is 3.58. The number of aryl methyl sites for hydroxylation is 1. The Labute approximate surface area is 78.4 Å². The van der Waals surface area contributed by atoms with E-state index in [0.717, 1.165) is 19.3 Å². The summed E-state index contributed by atoms with van der Waals surface area (Å²) in [6, 6.07) is 5.69. The average molecular weight is 180 g/mol. The molecule has 1 aromatic rings. The van der Waals surface area contributed by atoms with E-state index in [9.17, 15) is 0 Å². The molecule has 13 heavy (non-hydrogen) atoms. The summed E-state index contributed by atoms with van der Waals surface area (Å²) in [5.41, 5.74) is 13.7. The molecule has 3 heteroatoms. The van der Waals surface area contributed by atoms with Gasteiger partial charge in [-0.05, 0) is 37.0 Å². The van der Waals surface area contributed by atoms with Crippen LogP contribution in [-0.2, 0) is 6.42 Å². The fraction of sp³-hybridized carbons (Fsp3) is 0.400. The number of nitrogen functional groups attached to an aromatic ring is 2. The van der Waals surface area contributed by atoms with E-state index in [1.165, 1.54) is 5.56 Å². The Balaban J connectivity index is 2.53. The smallest absolute Gasteiger partial charge is 0.0550 e. The lowest BCUT2D eigenvalue weighted by atomic mass is 10.1. The number of aliphatic hydroxyl groups is 1. The third-order valence-electron chi connectivity index (χ3n) is 2.02. The molecule has 1 aromatic carbocycles. The number of hydrogen-bond acceptors (Lipinski definition) is 3. The minimum Gasteiger partial charge on any atom is -0.397 e. The van der Waals surface area contributed by atoms with Crippen LogP contribution in [0.25, 0.3) is 0 Å². The van der Waals surface area contributed by atoms with Gasteiger partial charge in [0, 0.05) is 6.61 Å². The Hall–Kier alpha value is -1.22. The number of nitrogens with two attached hydrogens (primary N) is 2. The summed E-state index contributed by atoms with van der Waals surface area (Å²) in [6.45, 7) is 0.254. The third-order valence-corrected chi connectivity index (χ3v) is 2.02. The maximum Gasteiger partial charge on any atom is 0.0550 e. The van der Waals surface area contributed by atoms with Gasteiger partial charge in [-0.1, -0.05) is 6.07 Å². The molecule has 0 atom stereocenters. The Morgan fingerprint density at radius 2 is 1.85 bits per heavy atom. The van der Waals surface area contributed by atoms with E-state index < -0.39 is 0 Å². The van der Waals surface area contributed by atoms with Crippen molar-refractivity contribution < 1.29 is 5.11 Å². The molecule has 72 valence electrons. The molecule has 0 aliphatic rings. The SMILES string of the molecule is Nc1ccc(CCCCO)cc1N. The van der Waals surface area contributed by atoms with Gasteiger partial charge in [-0.15, -0.1) is 0 Å². The molecule has 1 rings (SSSR count). The van der Waals surface area contributed by atoms with Crippen LogP contribution < -0.4 is 11.5 Å². The van der Waals surface area contributed by atoms with Crippen molar-refractivity contribution in [1.29, 1.82) is 0 Å². The predicted octanol–water partition coefficient (Wildman–Crippen LogP) is 1.17. The first-order valence-electron chi connectivity index (χ1n) is 4.49. The van der Waals surface area contributed by atoms with Gasteiger partial charge in [-0.2, -0.15) is 0 Å². The Morgan fingerprint density at radius 3 is 2.46 bits per heavy atom. The molecule has 0 fully saturated rings. The topological polar surface area (TPSA) is 72.3 Å². The average Bonchev–Trinajstić information content (AvgIpc) is 2.12. The molecule has 0 unspecified atom stereocenters. The van der Waals surface area contributed by atoms with E-state index >= 15 is 0 Å². The number of unbranched alkanes of at least 4 members (excludes halogenated alkanes) is 1. The van der Waals surface area contributed by atoms with E-state index in [4.69, 9.17) is 16.6 Å².